The van der Waals surface area contributed by atoms with E-state index in [2.05, 4.69) is 45.5 Å². The second-order valence-corrected chi connectivity index (χ2v) is 7.68. The first kappa shape index (κ1) is 20.7. The lowest BCUT2D eigenvalue weighted by Crippen LogP contribution is -2.18. The van der Waals surface area contributed by atoms with E-state index in [1.807, 2.05) is 42.5 Å². The van der Waals surface area contributed by atoms with Crippen LogP contribution in [0.5, 0.6) is 11.5 Å². The molecule has 0 fully saturated rings. The monoisotopic (exact) mass is 459 g/mol. The summed E-state index contributed by atoms with van der Waals surface area (Å²) in [6.07, 6.45) is 0.930. The van der Waals surface area contributed by atoms with Crippen LogP contribution in [0.2, 0.25) is 5.02 Å². The van der Waals surface area contributed by atoms with Crippen LogP contribution in [-0.2, 0) is 19.6 Å². The number of halogens is 2. The van der Waals surface area contributed by atoms with Crippen molar-refractivity contribution in [2.45, 2.75) is 19.6 Å². The van der Waals surface area contributed by atoms with Crippen LogP contribution in [0.25, 0.3) is 0 Å². The Morgan fingerprint density at radius 2 is 1.68 bits per heavy atom. The van der Waals surface area contributed by atoms with Crippen LogP contribution in [0.1, 0.15) is 16.7 Å². The number of hydrogen-bond donors (Lipinski definition) is 1. The van der Waals surface area contributed by atoms with Gasteiger partial charge in [0.15, 0.2) is 11.5 Å². The molecule has 0 heterocycles. The number of nitrogens with one attached hydrogen (secondary N) is 1. The maximum absolute atomic E-state index is 6.14. The summed E-state index contributed by atoms with van der Waals surface area (Å²) in [5.74, 6) is 1.49. The van der Waals surface area contributed by atoms with Gasteiger partial charge in [0, 0.05) is 21.6 Å². The van der Waals surface area contributed by atoms with Crippen molar-refractivity contribution < 1.29 is 9.47 Å². The minimum Gasteiger partial charge on any atom is -0.493 e. The Hall–Kier alpha value is -2.01. The Balaban J connectivity index is 1.65. The smallest absolute Gasteiger partial charge is 0.167 e. The van der Waals surface area contributed by atoms with Gasteiger partial charge in [-0.2, -0.15) is 0 Å². The highest BCUT2D eigenvalue weighted by Gasteiger charge is 2.14. The van der Waals surface area contributed by atoms with Gasteiger partial charge in [0.25, 0.3) is 0 Å². The highest BCUT2D eigenvalue weighted by molar-refractivity contribution is 9.10. The van der Waals surface area contributed by atoms with Gasteiger partial charge in [-0.3, -0.25) is 0 Å². The molecule has 1 N–H and O–H groups in total. The van der Waals surface area contributed by atoms with Crippen LogP contribution in [0.3, 0.4) is 0 Å². The van der Waals surface area contributed by atoms with Gasteiger partial charge in [0.1, 0.15) is 6.61 Å². The van der Waals surface area contributed by atoms with E-state index in [0.29, 0.717) is 13.2 Å². The van der Waals surface area contributed by atoms with Crippen LogP contribution in [0.15, 0.2) is 71.2 Å². The minimum absolute atomic E-state index is 0.491. The summed E-state index contributed by atoms with van der Waals surface area (Å²) in [5.41, 5.74) is 3.42. The lowest BCUT2D eigenvalue weighted by molar-refractivity contribution is 0.280. The van der Waals surface area contributed by atoms with Crippen molar-refractivity contribution in [1.29, 1.82) is 0 Å². The summed E-state index contributed by atoms with van der Waals surface area (Å²) >= 11 is 9.60. The summed E-state index contributed by atoms with van der Waals surface area (Å²) < 4.78 is 12.7. The number of ether oxygens (including phenoxy) is 2. The highest BCUT2D eigenvalue weighted by atomic mass is 79.9. The van der Waals surface area contributed by atoms with E-state index in [-0.39, 0.29) is 0 Å². The van der Waals surface area contributed by atoms with Crippen LogP contribution < -0.4 is 14.8 Å². The van der Waals surface area contributed by atoms with E-state index in [1.54, 1.807) is 7.11 Å². The first-order valence-electron chi connectivity index (χ1n) is 9.14. The summed E-state index contributed by atoms with van der Waals surface area (Å²) in [7, 11) is 1.66. The minimum atomic E-state index is 0.491. The molecule has 3 rings (SSSR count). The van der Waals surface area contributed by atoms with Crippen LogP contribution in [0.4, 0.5) is 0 Å². The van der Waals surface area contributed by atoms with Gasteiger partial charge >= 0.3 is 0 Å². The molecule has 3 nitrogen and oxygen atoms in total. The summed E-state index contributed by atoms with van der Waals surface area (Å²) in [6.45, 7) is 2.02. The molecule has 0 saturated heterocycles. The topological polar surface area (TPSA) is 30.5 Å². The molecule has 3 aromatic carbocycles. The fourth-order valence-electron chi connectivity index (χ4n) is 2.89. The third-order valence-electron chi connectivity index (χ3n) is 4.42. The Morgan fingerprint density at radius 1 is 0.929 bits per heavy atom. The molecule has 0 unspecified atom stereocenters. The Labute approximate surface area is 179 Å². The predicted octanol–water partition coefficient (Wildman–Crippen LogP) is 6.02. The molecule has 0 spiro atoms. The third-order valence-corrected chi connectivity index (χ3v) is 5.41. The van der Waals surface area contributed by atoms with Gasteiger partial charge in [0.2, 0.25) is 0 Å². The molecule has 28 heavy (non-hydrogen) atoms. The normalized spacial score (nSPS) is 10.7. The second kappa shape index (κ2) is 10.5. The molecule has 0 amide bonds. The van der Waals surface area contributed by atoms with Crippen molar-refractivity contribution >= 4 is 27.5 Å². The van der Waals surface area contributed by atoms with Crippen molar-refractivity contribution in [3.8, 4) is 11.5 Å². The molecule has 5 heteroatoms. The molecule has 3 aromatic rings. The zero-order valence-electron chi connectivity index (χ0n) is 15.8. The SMILES string of the molecule is COc1ccc(Br)c(CNCCc2ccc(Cl)cc2)c1OCc1ccccc1. The summed E-state index contributed by atoms with van der Waals surface area (Å²) in [4.78, 5) is 0. The molecule has 0 radical (unpaired) electrons. The van der Waals surface area contributed by atoms with E-state index in [1.165, 1.54) is 5.56 Å². The van der Waals surface area contributed by atoms with Crippen LogP contribution in [-0.4, -0.2) is 13.7 Å². The van der Waals surface area contributed by atoms with Crippen molar-refractivity contribution in [2.24, 2.45) is 0 Å². The van der Waals surface area contributed by atoms with Crippen molar-refractivity contribution in [3.05, 3.63) is 92.9 Å². The van der Waals surface area contributed by atoms with Gasteiger partial charge in [-0.1, -0.05) is 70.0 Å². The molecule has 146 valence electrons. The van der Waals surface area contributed by atoms with Gasteiger partial charge in [0.05, 0.1) is 7.11 Å². The molecule has 0 saturated carbocycles. The predicted molar refractivity (Wildman–Crippen MR) is 118 cm³/mol. The fourth-order valence-corrected chi connectivity index (χ4v) is 3.47. The first-order chi connectivity index (χ1) is 13.7. The number of hydrogen-bond acceptors (Lipinski definition) is 3. The number of rotatable bonds is 9. The van der Waals surface area contributed by atoms with Crippen molar-refractivity contribution in [3.63, 3.8) is 0 Å². The lowest BCUT2D eigenvalue weighted by Gasteiger charge is -2.17. The standard InChI is InChI=1S/C23H23BrClNO2/c1-27-22-12-11-21(24)20(23(22)28-16-18-5-3-2-4-6-18)15-26-14-13-17-7-9-19(25)10-8-17/h2-12,26H,13-16H2,1H3. The molecular weight excluding hydrogens is 438 g/mol. The zero-order valence-corrected chi connectivity index (χ0v) is 18.1. The van der Waals surface area contributed by atoms with Crippen molar-refractivity contribution in [1.82, 2.24) is 5.32 Å². The average molecular weight is 461 g/mol. The Kier molecular flexibility index (Phi) is 7.78. The van der Waals surface area contributed by atoms with Gasteiger partial charge < -0.3 is 14.8 Å². The zero-order chi connectivity index (χ0) is 19.8. The van der Waals surface area contributed by atoms with Gasteiger partial charge in [-0.15, -0.1) is 0 Å². The summed E-state index contributed by atoms with van der Waals surface area (Å²) in [5, 5.41) is 4.26. The highest BCUT2D eigenvalue weighted by Crippen LogP contribution is 2.36. The summed E-state index contributed by atoms with van der Waals surface area (Å²) in [6, 6.07) is 22.0. The Morgan fingerprint density at radius 3 is 2.39 bits per heavy atom. The molecule has 0 aliphatic heterocycles. The van der Waals surface area contributed by atoms with E-state index >= 15 is 0 Å². The molecule has 0 aliphatic rings. The molecular formula is C23H23BrClNO2. The van der Waals surface area contributed by atoms with Gasteiger partial charge in [-0.25, -0.2) is 0 Å². The van der Waals surface area contributed by atoms with E-state index in [9.17, 15) is 0 Å². The van der Waals surface area contributed by atoms with E-state index < -0.39 is 0 Å². The molecule has 0 atom stereocenters. The first-order valence-corrected chi connectivity index (χ1v) is 10.3. The average Bonchev–Trinajstić information content (AvgIpc) is 2.73. The van der Waals surface area contributed by atoms with Gasteiger partial charge in [-0.05, 0) is 48.4 Å². The number of benzene rings is 3. The maximum atomic E-state index is 6.14. The van der Waals surface area contributed by atoms with Crippen LogP contribution >= 0.6 is 27.5 Å². The van der Waals surface area contributed by atoms with E-state index in [4.69, 9.17) is 21.1 Å². The molecule has 0 bridgehead atoms. The maximum Gasteiger partial charge on any atom is 0.167 e. The van der Waals surface area contributed by atoms with E-state index in [0.717, 1.165) is 45.1 Å². The lowest BCUT2D eigenvalue weighted by atomic mass is 10.1. The quantitative estimate of drug-likeness (QED) is 0.396. The molecule has 0 aromatic heterocycles. The van der Waals surface area contributed by atoms with Crippen molar-refractivity contribution in [2.75, 3.05) is 13.7 Å². The third kappa shape index (κ3) is 5.74. The Bertz CT molecular complexity index is 885. The molecule has 0 aliphatic carbocycles. The second-order valence-electron chi connectivity index (χ2n) is 6.38. The van der Waals surface area contributed by atoms with Crippen LogP contribution in [0, 0.1) is 0 Å². The fraction of sp³-hybridized carbons (Fsp3) is 0.217. The number of methoxy groups -OCH3 is 1. The largest absolute Gasteiger partial charge is 0.493 e.